The molecular formula is C15H20F2N2O2. The molecule has 0 radical (unpaired) electrons. The molecule has 2 unspecified atom stereocenters. The Morgan fingerprint density at radius 3 is 2.43 bits per heavy atom. The van der Waals surface area contributed by atoms with Crippen LogP contribution >= 0.6 is 0 Å². The van der Waals surface area contributed by atoms with Crippen molar-refractivity contribution in [3.8, 4) is 0 Å². The van der Waals surface area contributed by atoms with E-state index in [9.17, 15) is 18.4 Å². The van der Waals surface area contributed by atoms with Crippen LogP contribution in [0, 0.1) is 17.6 Å². The van der Waals surface area contributed by atoms with Crippen LogP contribution in [-0.4, -0.2) is 43.3 Å². The number of nitrogens with one attached hydrogen (secondary N) is 1. The summed E-state index contributed by atoms with van der Waals surface area (Å²) in [5, 5.41) is 2.53. The fraction of sp³-hybridized carbons (Fsp3) is 0.467. The molecule has 6 heteroatoms. The minimum Gasteiger partial charge on any atom is -0.359 e. The highest BCUT2D eigenvalue weighted by atomic mass is 19.1. The van der Waals surface area contributed by atoms with E-state index in [1.54, 1.807) is 32.8 Å². The van der Waals surface area contributed by atoms with Gasteiger partial charge in [0.05, 0.1) is 11.6 Å². The van der Waals surface area contributed by atoms with Gasteiger partial charge in [0.2, 0.25) is 5.91 Å². The van der Waals surface area contributed by atoms with Crippen molar-refractivity contribution in [2.45, 2.75) is 19.9 Å². The first-order chi connectivity index (χ1) is 9.77. The predicted octanol–water partition coefficient (Wildman–Crippen LogP) is 1.85. The van der Waals surface area contributed by atoms with E-state index in [-0.39, 0.29) is 17.4 Å². The molecular weight excluding hydrogens is 278 g/mol. The first kappa shape index (κ1) is 17.2. The summed E-state index contributed by atoms with van der Waals surface area (Å²) in [5.41, 5.74) is -0.150. The molecule has 21 heavy (non-hydrogen) atoms. The Balaban J connectivity index is 2.80. The van der Waals surface area contributed by atoms with Crippen molar-refractivity contribution < 1.29 is 18.4 Å². The summed E-state index contributed by atoms with van der Waals surface area (Å²) in [6.07, 6.45) is 0. The second-order valence-electron chi connectivity index (χ2n) is 5.12. The Labute approximate surface area is 123 Å². The van der Waals surface area contributed by atoms with E-state index in [1.807, 2.05) is 0 Å². The van der Waals surface area contributed by atoms with Gasteiger partial charge in [-0.15, -0.1) is 0 Å². The van der Waals surface area contributed by atoms with Crippen LogP contribution in [0.1, 0.15) is 24.2 Å². The SMILES string of the molecule is CNC(=O)C(C)CN(C)C(C)C(=O)c1ccc(F)cc1F. The highest BCUT2D eigenvalue weighted by Gasteiger charge is 2.25. The Morgan fingerprint density at radius 1 is 1.29 bits per heavy atom. The molecule has 0 aromatic heterocycles. The molecule has 1 N–H and O–H groups in total. The lowest BCUT2D eigenvalue weighted by Crippen LogP contribution is -2.42. The second kappa shape index (κ2) is 7.26. The van der Waals surface area contributed by atoms with Crippen LogP contribution in [0.25, 0.3) is 0 Å². The van der Waals surface area contributed by atoms with E-state index in [0.717, 1.165) is 12.1 Å². The summed E-state index contributed by atoms with van der Waals surface area (Å²) < 4.78 is 26.5. The zero-order valence-corrected chi connectivity index (χ0v) is 12.6. The molecule has 1 aromatic rings. The van der Waals surface area contributed by atoms with Crippen LogP contribution in [0.5, 0.6) is 0 Å². The molecule has 0 heterocycles. The molecule has 0 saturated heterocycles. The van der Waals surface area contributed by atoms with Crippen molar-refractivity contribution in [2.75, 3.05) is 20.6 Å². The molecule has 0 saturated carbocycles. The van der Waals surface area contributed by atoms with Crippen LogP contribution in [0.3, 0.4) is 0 Å². The third kappa shape index (κ3) is 4.32. The van der Waals surface area contributed by atoms with Crippen LogP contribution in [0.4, 0.5) is 8.78 Å². The Kier molecular flexibility index (Phi) is 5.96. The molecule has 0 spiro atoms. The van der Waals surface area contributed by atoms with Crippen molar-refractivity contribution in [3.63, 3.8) is 0 Å². The summed E-state index contributed by atoms with van der Waals surface area (Å²) >= 11 is 0. The van der Waals surface area contributed by atoms with E-state index in [2.05, 4.69) is 5.32 Å². The first-order valence-electron chi connectivity index (χ1n) is 6.69. The van der Waals surface area contributed by atoms with Crippen LogP contribution in [-0.2, 0) is 4.79 Å². The van der Waals surface area contributed by atoms with Crippen LogP contribution < -0.4 is 5.32 Å². The molecule has 1 amide bonds. The molecule has 0 aliphatic rings. The first-order valence-corrected chi connectivity index (χ1v) is 6.69. The number of Topliss-reactive ketones (excluding diaryl/α,β-unsaturated/α-hetero) is 1. The topological polar surface area (TPSA) is 49.4 Å². The Hall–Kier alpha value is -1.82. The highest BCUT2D eigenvalue weighted by Crippen LogP contribution is 2.14. The second-order valence-corrected chi connectivity index (χ2v) is 5.12. The molecule has 0 aliphatic carbocycles. The monoisotopic (exact) mass is 298 g/mol. The lowest BCUT2D eigenvalue weighted by Gasteiger charge is -2.26. The zero-order chi connectivity index (χ0) is 16.2. The van der Waals surface area contributed by atoms with E-state index in [4.69, 9.17) is 0 Å². The molecule has 0 aliphatic heterocycles. The van der Waals surface area contributed by atoms with Gasteiger partial charge < -0.3 is 5.32 Å². The fourth-order valence-electron chi connectivity index (χ4n) is 2.03. The summed E-state index contributed by atoms with van der Waals surface area (Å²) in [4.78, 5) is 25.4. The number of amides is 1. The van der Waals surface area contributed by atoms with Gasteiger partial charge in [0, 0.05) is 25.6 Å². The van der Waals surface area contributed by atoms with Gasteiger partial charge in [-0.2, -0.15) is 0 Å². The third-order valence-corrected chi connectivity index (χ3v) is 3.49. The zero-order valence-electron chi connectivity index (χ0n) is 12.6. The summed E-state index contributed by atoms with van der Waals surface area (Å²) in [7, 11) is 3.23. The van der Waals surface area contributed by atoms with Crippen molar-refractivity contribution in [1.29, 1.82) is 0 Å². The number of nitrogens with zero attached hydrogens (tertiary/aromatic N) is 1. The number of hydrogen-bond donors (Lipinski definition) is 1. The molecule has 4 nitrogen and oxygen atoms in total. The van der Waals surface area contributed by atoms with Gasteiger partial charge in [-0.05, 0) is 26.1 Å². The van der Waals surface area contributed by atoms with Crippen molar-refractivity contribution >= 4 is 11.7 Å². The summed E-state index contributed by atoms with van der Waals surface area (Å²) in [5.74, 6) is -2.47. The van der Waals surface area contributed by atoms with Crippen LogP contribution in [0.15, 0.2) is 18.2 Å². The third-order valence-electron chi connectivity index (χ3n) is 3.49. The normalized spacial score (nSPS) is 13.9. The van der Waals surface area contributed by atoms with Crippen molar-refractivity contribution in [3.05, 3.63) is 35.4 Å². The van der Waals surface area contributed by atoms with Gasteiger partial charge in [-0.1, -0.05) is 6.92 Å². The smallest absolute Gasteiger partial charge is 0.223 e. The molecule has 0 fully saturated rings. The molecule has 2 atom stereocenters. The molecule has 0 bridgehead atoms. The maximum Gasteiger partial charge on any atom is 0.223 e. The summed E-state index contributed by atoms with van der Waals surface area (Å²) in [6.45, 7) is 3.72. The van der Waals surface area contributed by atoms with Gasteiger partial charge in [0.15, 0.2) is 5.78 Å². The highest BCUT2D eigenvalue weighted by molar-refractivity contribution is 6.00. The lowest BCUT2D eigenvalue weighted by atomic mass is 10.0. The van der Waals surface area contributed by atoms with E-state index >= 15 is 0 Å². The number of carbonyl (C=O) groups excluding carboxylic acids is 2. The Morgan fingerprint density at radius 2 is 1.90 bits per heavy atom. The molecule has 1 rings (SSSR count). The number of hydrogen-bond acceptors (Lipinski definition) is 3. The molecule has 1 aromatic carbocycles. The number of benzene rings is 1. The van der Waals surface area contributed by atoms with Gasteiger partial charge >= 0.3 is 0 Å². The maximum atomic E-state index is 13.6. The lowest BCUT2D eigenvalue weighted by molar-refractivity contribution is -0.124. The average Bonchev–Trinajstić information content (AvgIpc) is 2.44. The number of carbonyl (C=O) groups is 2. The fourth-order valence-corrected chi connectivity index (χ4v) is 2.03. The molecule has 116 valence electrons. The summed E-state index contributed by atoms with van der Waals surface area (Å²) in [6, 6.07) is 2.26. The minimum atomic E-state index is -0.875. The van der Waals surface area contributed by atoms with Gasteiger partial charge in [-0.3, -0.25) is 14.5 Å². The van der Waals surface area contributed by atoms with Crippen LogP contribution in [0.2, 0.25) is 0 Å². The number of rotatable bonds is 6. The van der Waals surface area contributed by atoms with Gasteiger partial charge in [0.25, 0.3) is 0 Å². The quantitative estimate of drug-likeness (QED) is 0.815. The maximum absolute atomic E-state index is 13.6. The van der Waals surface area contributed by atoms with Gasteiger partial charge in [0.1, 0.15) is 11.6 Å². The number of likely N-dealkylation sites (N-methyl/N-ethyl adjacent to an activating group) is 1. The van der Waals surface area contributed by atoms with Crippen molar-refractivity contribution in [1.82, 2.24) is 10.2 Å². The van der Waals surface area contributed by atoms with Gasteiger partial charge in [-0.25, -0.2) is 8.78 Å². The largest absolute Gasteiger partial charge is 0.359 e. The van der Waals surface area contributed by atoms with E-state index in [1.165, 1.54) is 0 Å². The average molecular weight is 298 g/mol. The van der Waals surface area contributed by atoms with E-state index < -0.39 is 23.5 Å². The number of halogens is 2. The Bertz CT molecular complexity index is 534. The minimum absolute atomic E-state index is 0.130. The van der Waals surface area contributed by atoms with E-state index in [0.29, 0.717) is 12.6 Å². The predicted molar refractivity (Wildman–Crippen MR) is 76.0 cm³/mol. The number of ketones is 1. The van der Waals surface area contributed by atoms with Crippen molar-refractivity contribution in [2.24, 2.45) is 5.92 Å². The standard InChI is InChI=1S/C15H20F2N2O2/c1-9(15(21)18-3)8-19(4)10(2)14(20)12-6-5-11(16)7-13(12)17/h5-7,9-10H,8H2,1-4H3,(H,18,21).